The molecule has 0 spiro atoms. The van der Waals surface area contributed by atoms with Crippen molar-refractivity contribution in [3.63, 3.8) is 0 Å². The van der Waals surface area contributed by atoms with E-state index in [4.69, 9.17) is 4.42 Å². The minimum absolute atomic E-state index is 0.0312. The zero-order chi connectivity index (χ0) is 19.4. The average Bonchev–Trinajstić information content (AvgIpc) is 2.65. The van der Waals surface area contributed by atoms with E-state index < -0.39 is 0 Å². The quantitative estimate of drug-likeness (QED) is 0.296. The summed E-state index contributed by atoms with van der Waals surface area (Å²) in [7, 11) is 0. The van der Waals surface area contributed by atoms with Gasteiger partial charge in [-0.2, -0.15) is 0 Å². The molecular weight excluding hydrogens is 453 g/mol. The number of amides is 1. The highest BCUT2D eigenvalue weighted by atomic mass is 127. The number of halogens is 1. The van der Waals surface area contributed by atoms with Gasteiger partial charge in [0.05, 0.1) is 6.42 Å². The minimum Gasteiger partial charge on any atom is -0.423 e. The highest BCUT2D eigenvalue weighted by molar-refractivity contribution is 14.1. The molecule has 0 unspecified atom stereocenters. The number of hydrogen-bond donors (Lipinski definition) is 0. The summed E-state index contributed by atoms with van der Waals surface area (Å²) < 4.78 is 6.37. The van der Waals surface area contributed by atoms with Gasteiger partial charge in [0.2, 0.25) is 5.91 Å². The normalized spacial score (nSPS) is 10.7. The van der Waals surface area contributed by atoms with Crippen LogP contribution in [0.4, 0.5) is 5.69 Å². The van der Waals surface area contributed by atoms with Gasteiger partial charge in [-0.1, -0.05) is 24.3 Å². The van der Waals surface area contributed by atoms with Gasteiger partial charge in [-0.3, -0.25) is 4.79 Å². The number of likely N-dealkylation sites (N-methyl/N-ethyl adjacent to an activating group) is 1. The summed E-state index contributed by atoms with van der Waals surface area (Å²) in [5.41, 5.74) is 2.91. The lowest BCUT2D eigenvalue weighted by Crippen LogP contribution is -2.33. The second kappa shape index (κ2) is 8.52. The Bertz CT molecular complexity index is 1050. The third-order valence-corrected chi connectivity index (χ3v) is 5.50. The molecule has 1 amide bonds. The first-order valence-corrected chi connectivity index (χ1v) is 9.83. The number of nitrogens with zero attached hydrogens (tertiary/aromatic N) is 1. The largest absolute Gasteiger partial charge is 0.423 e. The maximum absolute atomic E-state index is 13.1. The molecule has 0 atom stereocenters. The molecule has 0 saturated heterocycles. The molecule has 5 heteroatoms. The summed E-state index contributed by atoms with van der Waals surface area (Å²) in [5, 5.41) is 0.826. The maximum Gasteiger partial charge on any atom is 0.336 e. The molecule has 138 valence electrons. The second-order valence-electron chi connectivity index (χ2n) is 6.13. The van der Waals surface area contributed by atoms with Gasteiger partial charge in [-0.25, -0.2) is 4.79 Å². The van der Waals surface area contributed by atoms with Crippen LogP contribution >= 0.6 is 22.6 Å². The fourth-order valence-electron chi connectivity index (χ4n) is 3.19. The third kappa shape index (κ3) is 4.13. The Morgan fingerprint density at radius 2 is 1.96 bits per heavy atom. The van der Waals surface area contributed by atoms with Crippen LogP contribution in [0.3, 0.4) is 0 Å². The van der Waals surface area contributed by atoms with Gasteiger partial charge in [0, 0.05) is 27.3 Å². The van der Waals surface area contributed by atoms with Gasteiger partial charge in [-0.15, -0.1) is 6.58 Å². The van der Waals surface area contributed by atoms with E-state index in [9.17, 15) is 9.59 Å². The van der Waals surface area contributed by atoms with Crippen molar-refractivity contribution >= 4 is 45.2 Å². The molecule has 0 fully saturated rings. The van der Waals surface area contributed by atoms with Crippen LogP contribution in [0.25, 0.3) is 11.0 Å². The molecule has 3 aromatic rings. The van der Waals surface area contributed by atoms with Gasteiger partial charge in [0.1, 0.15) is 5.58 Å². The molecule has 0 aliphatic heterocycles. The van der Waals surface area contributed by atoms with Crippen molar-refractivity contribution in [2.45, 2.75) is 19.8 Å². The summed E-state index contributed by atoms with van der Waals surface area (Å²) >= 11 is 2.25. The van der Waals surface area contributed by atoms with Crippen LogP contribution in [0.2, 0.25) is 0 Å². The van der Waals surface area contributed by atoms with Crippen molar-refractivity contribution < 1.29 is 9.21 Å². The van der Waals surface area contributed by atoms with Crippen molar-refractivity contribution in [2.24, 2.45) is 0 Å². The summed E-state index contributed by atoms with van der Waals surface area (Å²) in [6.45, 7) is 6.34. The fraction of sp³-hybridized carbons (Fsp3) is 0.182. The third-order valence-electron chi connectivity index (χ3n) is 4.45. The highest BCUT2D eigenvalue weighted by Gasteiger charge is 2.20. The van der Waals surface area contributed by atoms with Gasteiger partial charge < -0.3 is 9.32 Å². The Labute approximate surface area is 171 Å². The predicted molar refractivity (Wildman–Crippen MR) is 117 cm³/mol. The number of carbonyl (C=O) groups is 1. The number of carbonyl (C=O) groups excluding carboxylic acids is 1. The Morgan fingerprint density at radius 1 is 1.19 bits per heavy atom. The number of fused-ring (bicyclic) bond motifs is 1. The van der Waals surface area contributed by atoms with E-state index in [1.807, 2.05) is 37.3 Å². The number of allylic oxidation sites excluding steroid dienone is 1. The lowest BCUT2D eigenvalue weighted by molar-refractivity contribution is -0.117. The SMILES string of the molecule is C=CCc1c(N(CC)C(=O)Cc2ccccc2I)ccc2oc(=O)ccc12. The molecule has 0 aliphatic rings. The number of hydrogen-bond acceptors (Lipinski definition) is 3. The molecule has 4 nitrogen and oxygen atoms in total. The molecule has 3 rings (SSSR count). The number of rotatable bonds is 6. The van der Waals surface area contributed by atoms with Crippen molar-refractivity contribution in [3.8, 4) is 0 Å². The van der Waals surface area contributed by atoms with Crippen LogP contribution in [-0.4, -0.2) is 12.5 Å². The fourth-order valence-corrected chi connectivity index (χ4v) is 3.77. The van der Waals surface area contributed by atoms with E-state index in [2.05, 4.69) is 29.2 Å². The van der Waals surface area contributed by atoms with Crippen molar-refractivity contribution in [2.75, 3.05) is 11.4 Å². The first kappa shape index (κ1) is 19.4. The van der Waals surface area contributed by atoms with E-state index in [1.165, 1.54) is 6.07 Å². The molecule has 0 radical (unpaired) electrons. The molecule has 0 saturated carbocycles. The average molecular weight is 473 g/mol. The van der Waals surface area contributed by atoms with Crippen LogP contribution < -0.4 is 10.5 Å². The van der Waals surface area contributed by atoms with Crippen molar-refractivity contribution in [3.05, 3.63) is 86.3 Å². The summed E-state index contributed by atoms with van der Waals surface area (Å²) in [6.07, 6.45) is 2.71. The summed E-state index contributed by atoms with van der Waals surface area (Å²) in [5.74, 6) is 0.0312. The van der Waals surface area contributed by atoms with E-state index in [-0.39, 0.29) is 11.5 Å². The number of anilines is 1. The molecular formula is C22H20INO3. The maximum atomic E-state index is 13.1. The van der Waals surface area contributed by atoms with Gasteiger partial charge in [0.15, 0.2) is 0 Å². The van der Waals surface area contributed by atoms with Crippen LogP contribution in [0.5, 0.6) is 0 Å². The van der Waals surface area contributed by atoms with Crippen LogP contribution in [0.15, 0.2) is 70.4 Å². The smallest absolute Gasteiger partial charge is 0.336 e. The molecule has 1 aromatic heterocycles. The Kier molecular flexibility index (Phi) is 6.11. The zero-order valence-electron chi connectivity index (χ0n) is 15.1. The molecule has 27 heavy (non-hydrogen) atoms. The lowest BCUT2D eigenvalue weighted by Gasteiger charge is -2.25. The van der Waals surface area contributed by atoms with Crippen LogP contribution in [0.1, 0.15) is 18.1 Å². The molecule has 2 aromatic carbocycles. The summed E-state index contributed by atoms with van der Waals surface area (Å²) in [4.78, 5) is 26.4. The predicted octanol–water partition coefficient (Wildman–Crippen LogP) is 4.72. The van der Waals surface area contributed by atoms with E-state index in [0.29, 0.717) is 25.0 Å². The Morgan fingerprint density at radius 3 is 2.67 bits per heavy atom. The second-order valence-corrected chi connectivity index (χ2v) is 7.29. The van der Waals surface area contributed by atoms with Crippen LogP contribution in [-0.2, 0) is 17.6 Å². The van der Waals surface area contributed by atoms with Crippen molar-refractivity contribution in [1.82, 2.24) is 0 Å². The van der Waals surface area contributed by atoms with Gasteiger partial charge in [0.25, 0.3) is 0 Å². The number of benzene rings is 2. The van der Waals surface area contributed by atoms with Gasteiger partial charge in [-0.05, 0) is 71.3 Å². The summed E-state index contributed by atoms with van der Waals surface area (Å²) in [6, 6.07) is 14.6. The topological polar surface area (TPSA) is 50.5 Å². The molecule has 0 N–H and O–H groups in total. The molecule has 1 heterocycles. The molecule has 0 bridgehead atoms. The minimum atomic E-state index is -0.387. The zero-order valence-corrected chi connectivity index (χ0v) is 17.2. The monoisotopic (exact) mass is 473 g/mol. The van der Waals surface area contributed by atoms with E-state index in [1.54, 1.807) is 23.1 Å². The first-order valence-electron chi connectivity index (χ1n) is 8.75. The van der Waals surface area contributed by atoms with Gasteiger partial charge >= 0.3 is 5.63 Å². The van der Waals surface area contributed by atoms with E-state index >= 15 is 0 Å². The van der Waals surface area contributed by atoms with Crippen LogP contribution in [0, 0.1) is 3.57 Å². The lowest BCUT2D eigenvalue weighted by atomic mass is 10.0. The standard InChI is InChI=1S/C22H20INO3/c1-3-7-16-17-10-13-22(26)27-20(17)12-11-19(16)24(4-2)21(25)14-15-8-5-6-9-18(15)23/h3,5-6,8-13H,1,4,7,14H2,2H3. The first-order chi connectivity index (χ1) is 13.0. The molecule has 0 aliphatic carbocycles. The highest BCUT2D eigenvalue weighted by Crippen LogP contribution is 2.30. The Hall–Kier alpha value is -2.41. The van der Waals surface area contributed by atoms with E-state index in [0.717, 1.165) is 25.8 Å². The van der Waals surface area contributed by atoms with Crippen molar-refractivity contribution in [1.29, 1.82) is 0 Å². The Balaban J connectivity index is 2.05.